The third-order valence-electron chi connectivity index (χ3n) is 2.22. The van der Waals surface area contributed by atoms with Gasteiger partial charge in [-0.15, -0.1) is 0 Å². The molecule has 0 bridgehead atoms. The fraction of sp³-hybridized carbons (Fsp3) is 0.917. The minimum Gasteiger partial charge on any atom is -0.371 e. The van der Waals surface area contributed by atoms with Crippen molar-refractivity contribution in [1.82, 2.24) is 0 Å². The van der Waals surface area contributed by atoms with Crippen LogP contribution in [0.5, 0.6) is 0 Å². The smallest absolute Gasteiger partial charge is 0.161 e. The van der Waals surface area contributed by atoms with Crippen LogP contribution in [0.1, 0.15) is 53.9 Å². The highest BCUT2D eigenvalue weighted by atomic mass is 16.5. The molecule has 0 aromatic heterocycles. The summed E-state index contributed by atoms with van der Waals surface area (Å²) in [6.45, 7) is 11.0. The van der Waals surface area contributed by atoms with E-state index in [0.717, 1.165) is 12.8 Å². The zero-order valence-electron chi connectivity index (χ0n) is 10.2. The molecule has 2 heteroatoms. The highest BCUT2D eigenvalue weighted by molar-refractivity contribution is 5.83. The Balaban J connectivity index is 3.93. The molecule has 1 atom stereocenters. The Morgan fingerprint density at radius 3 is 2.21 bits per heavy atom. The Hall–Kier alpha value is -0.370. The van der Waals surface area contributed by atoms with E-state index >= 15 is 0 Å². The van der Waals surface area contributed by atoms with Crippen LogP contribution in [0.3, 0.4) is 0 Å². The molecular formula is C12H24O2. The predicted molar refractivity (Wildman–Crippen MR) is 59.4 cm³/mol. The second-order valence-corrected chi connectivity index (χ2v) is 4.88. The molecule has 0 saturated heterocycles. The van der Waals surface area contributed by atoms with Gasteiger partial charge in [-0.2, -0.15) is 0 Å². The van der Waals surface area contributed by atoms with Crippen LogP contribution in [-0.4, -0.2) is 18.5 Å². The first kappa shape index (κ1) is 13.6. The number of hydrogen-bond acceptors (Lipinski definition) is 2. The van der Waals surface area contributed by atoms with Crippen LogP contribution in [0.25, 0.3) is 0 Å². The monoisotopic (exact) mass is 200 g/mol. The molecule has 0 amide bonds. The van der Waals surface area contributed by atoms with Crippen molar-refractivity contribution in [2.24, 2.45) is 5.41 Å². The molecule has 0 radical (unpaired) electrons. The minimum absolute atomic E-state index is 0.178. The zero-order valence-corrected chi connectivity index (χ0v) is 10.2. The van der Waals surface area contributed by atoms with E-state index in [1.165, 1.54) is 0 Å². The summed E-state index contributed by atoms with van der Waals surface area (Å²) in [4.78, 5) is 11.7. The van der Waals surface area contributed by atoms with Gasteiger partial charge < -0.3 is 4.74 Å². The SMILES string of the molecule is CCOC(CC)C(=O)CCC(C)(C)C. The number of carbonyl (C=O) groups excluding carboxylic acids is 1. The van der Waals surface area contributed by atoms with Crippen molar-refractivity contribution < 1.29 is 9.53 Å². The average Bonchev–Trinajstić information content (AvgIpc) is 2.09. The second-order valence-electron chi connectivity index (χ2n) is 4.88. The van der Waals surface area contributed by atoms with Crippen molar-refractivity contribution in [2.45, 2.75) is 60.0 Å². The van der Waals surface area contributed by atoms with E-state index in [-0.39, 0.29) is 17.3 Å². The average molecular weight is 200 g/mol. The van der Waals surface area contributed by atoms with Crippen LogP contribution in [0.2, 0.25) is 0 Å². The number of carbonyl (C=O) groups is 1. The van der Waals surface area contributed by atoms with Gasteiger partial charge in [0.15, 0.2) is 5.78 Å². The van der Waals surface area contributed by atoms with Gasteiger partial charge in [0.25, 0.3) is 0 Å². The summed E-state index contributed by atoms with van der Waals surface area (Å²) in [6.07, 6.45) is 2.19. The first-order chi connectivity index (χ1) is 6.40. The van der Waals surface area contributed by atoms with E-state index in [1.807, 2.05) is 13.8 Å². The van der Waals surface area contributed by atoms with E-state index in [2.05, 4.69) is 20.8 Å². The molecule has 0 aliphatic carbocycles. The van der Waals surface area contributed by atoms with Crippen molar-refractivity contribution in [3.05, 3.63) is 0 Å². The summed E-state index contributed by atoms with van der Waals surface area (Å²) in [6, 6.07) is 0. The largest absolute Gasteiger partial charge is 0.371 e. The number of ether oxygens (including phenoxy) is 1. The first-order valence-electron chi connectivity index (χ1n) is 5.55. The van der Waals surface area contributed by atoms with Crippen LogP contribution < -0.4 is 0 Å². The lowest BCUT2D eigenvalue weighted by Gasteiger charge is -2.19. The maximum Gasteiger partial charge on any atom is 0.161 e. The second kappa shape index (κ2) is 6.18. The molecule has 2 nitrogen and oxygen atoms in total. The third-order valence-corrected chi connectivity index (χ3v) is 2.22. The lowest BCUT2D eigenvalue weighted by molar-refractivity contribution is -0.131. The maximum absolute atomic E-state index is 11.7. The highest BCUT2D eigenvalue weighted by Crippen LogP contribution is 2.21. The molecule has 0 aromatic rings. The van der Waals surface area contributed by atoms with E-state index in [9.17, 15) is 4.79 Å². The van der Waals surface area contributed by atoms with Crippen LogP contribution in [0.15, 0.2) is 0 Å². The fourth-order valence-corrected chi connectivity index (χ4v) is 1.30. The van der Waals surface area contributed by atoms with Crippen molar-refractivity contribution in [2.75, 3.05) is 6.61 Å². The van der Waals surface area contributed by atoms with Gasteiger partial charge in [-0.25, -0.2) is 0 Å². The van der Waals surface area contributed by atoms with Crippen LogP contribution in [-0.2, 0) is 9.53 Å². The quantitative estimate of drug-likeness (QED) is 0.658. The van der Waals surface area contributed by atoms with Crippen molar-refractivity contribution in [3.8, 4) is 0 Å². The normalized spacial score (nSPS) is 14.1. The Kier molecular flexibility index (Phi) is 6.01. The first-order valence-corrected chi connectivity index (χ1v) is 5.55. The summed E-state index contributed by atoms with van der Waals surface area (Å²) >= 11 is 0. The lowest BCUT2D eigenvalue weighted by atomic mass is 9.88. The van der Waals surface area contributed by atoms with Crippen LogP contribution >= 0.6 is 0 Å². The Labute approximate surface area is 88.0 Å². The molecule has 0 saturated carbocycles. The summed E-state index contributed by atoms with van der Waals surface area (Å²) < 4.78 is 5.37. The Morgan fingerprint density at radius 1 is 1.29 bits per heavy atom. The van der Waals surface area contributed by atoms with Crippen molar-refractivity contribution in [3.63, 3.8) is 0 Å². The van der Waals surface area contributed by atoms with Gasteiger partial charge in [-0.05, 0) is 25.2 Å². The predicted octanol–water partition coefficient (Wildman–Crippen LogP) is 3.20. The summed E-state index contributed by atoms with van der Waals surface area (Å²) in [5.74, 6) is 0.254. The molecule has 0 aliphatic heterocycles. The molecule has 0 spiro atoms. The molecule has 1 unspecified atom stereocenters. The summed E-state index contributed by atoms with van der Waals surface area (Å²) in [5.41, 5.74) is 0.236. The Morgan fingerprint density at radius 2 is 1.86 bits per heavy atom. The zero-order chi connectivity index (χ0) is 11.2. The number of Topliss-reactive ketones (excluding diaryl/α,β-unsaturated/α-hetero) is 1. The Bertz CT molecular complexity index is 168. The molecule has 0 N–H and O–H groups in total. The van der Waals surface area contributed by atoms with Gasteiger partial charge in [0.2, 0.25) is 0 Å². The molecule has 0 fully saturated rings. The molecule has 0 aliphatic rings. The molecule has 0 heterocycles. The van der Waals surface area contributed by atoms with Gasteiger partial charge in [0, 0.05) is 13.0 Å². The minimum atomic E-state index is -0.178. The summed E-state index contributed by atoms with van der Waals surface area (Å²) in [7, 11) is 0. The number of rotatable bonds is 6. The molecule has 0 rings (SSSR count). The molecule has 0 aromatic carbocycles. The van der Waals surface area contributed by atoms with Gasteiger partial charge in [-0.1, -0.05) is 27.7 Å². The van der Waals surface area contributed by atoms with Crippen LogP contribution in [0.4, 0.5) is 0 Å². The van der Waals surface area contributed by atoms with E-state index < -0.39 is 0 Å². The highest BCUT2D eigenvalue weighted by Gasteiger charge is 2.19. The van der Waals surface area contributed by atoms with Crippen LogP contribution in [0, 0.1) is 5.41 Å². The molecular weight excluding hydrogens is 176 g/mol. The summed E-state index contributed by atoms with van der Waals surface area (Å²) in [5, 5.41) is 0. The fourth-order valence-electron chi connectivity index (χ4n) is 1.30. The maximum atomic E-state index is 11.7. The van der Waals surface area contributed by atoms with Gasteiger partial charge in [0.1, 0.15) is 6.10 Å². The molecule has 84 valence electrons. The van der Waals surface area contributed by atoms with Crippen molar-refractivity contribution >= 4 is 5.78 Å². The van der Waals surface area contributed by atoms with Gasteiger partial charge in [-0.3, -0.25) is 4.79 Å². The topological polar surface area (TPSA) is 26.3 Å². The third kappa shape index (κ3) is 6.14. The molecule has 14 heavy (non-hydrogen) atoms. The van der Waals surface area contributed by atoms with Gasteiger partial charge in [0.05, 0.1) is 0 Å². The van der Waals surface area contributed by atoms with E-state index in [4.69, 9.17) is 4.74 Å². The van der Waals surface area contributed by atoms with Crippen molar-refractivity contribution in [1.29, 1.82) is 0 Å². The van der Waals surface area contributed by atoms with Gasteiger partial charge >= 0.3 is 0 Å². The number of ketones is 1. The number of hydrogen-bond donors (Lipinski definition) is 0. The van der Waals surface area contributed by atoms with E-state index in [0.29, 0.717) is 13.0 Å². The van der Waals surface area contributed by atoms with E-state index in [1.54, 1.807) is 0 Å². The lowest BCUT2D eigenvalue weighted by Crippen LogP contribution is -2.24. The standard InChI is InChI=1S/C12H24O2/c1-6-11(14-7-2)10(13)8-9-12(3,4)5/h11H,6-9H2,1-5H3.